The molecule has 0 atom stereocenters. The van der Waals surface area contributed by atoms with Crippen molar-refractivity contribution < 1.29 is 18.0 Å². The lowest BCUT2D eigenvalue weighted by Crippen LogP contribution is -2.44. The van der Waals surface area contributed by atoms with Crippen LogP contribution >= 0.6 is 0 Å². The average molecular weight is 507 g/mol. The normalized spacial score (nSPS) is 14.4. The molecule has 0 bridgehead atoms. The fourth-order valence-electron chi connectivity index (χ4n) is 4.35. The summed E-state index contributed by atoms with van der Waals surface area (Å²) in [4.78, 5) is 26.1. The van der Waals surface area contributed by atoms with Crippen LogP contribution in [0.3, 0.4) is 0 Å². The molecule has 1 aliphatic rings. The van der Waals surface area contributed by atoms with E-state index in [0.717, 1.165) is 31.9 Å². The van der Waals surface area contributed by atoms with Crippen LogP contribution in [0.4, 0.5) is 20.2 Å². The van der Waals surface area contributed by atoms with Crippen molar-refractivity contribution in [2.75, 3.05) is 43.4 Å². The second kappa shape index (κ2) is 10.1. The molecular weight excluding hydrogens is 478 g/mol. The zero-order valence-electron chi connectivity index (χ0n) is 20.9. The topological polar surface area (TPSA) is 79.4 Å². The molecule has 10 heteroatoms. The number of hydrogen-bond donors (Lipinski definition) is 1. The van der Waals surface area contributed by atoms with Crippen molar-refractivity contribution >= 4 is 17.3 Å². The van der Waals surface area contributed by atoms with Gasteiger partial charge >= 0.3 is 5.91 Å². The highest BCUT2D eigenvalue weighted by atomic mass is 19.1. The van der Waals surface area contributed by atoms with Gasteiger partial charge in [0.25, 0.3) is 5.89 Å². The summed E-state index contributed by atoms with van der Waals surface area (Å²) < 4.78 is 35.7. The second-order valence-electron chi connectivity index (χ2n) is 9.40. The Morgan fingerprint density at radius 3 is 2.46 bits per heavy atom. The van der Waals surface area contributed by atoms with Gasteiger partial charge in [-0.1, -0.05) is 0 Å². The van der Waals surface area contributed by atoms with Gasteiger partial charge in [0.1, 0.15) is 23.6 Å². The third kappa shape index (κ3) is 5.10. The van der Waals surface area contributed by atoms with E-state index >= 15 is 0 Å². The molecule has 37 heavy (non-hydrogen) atoms. The Bertz CT molecular complexity index is 1400. The number of carbonyl (C=O) groups is 1. The van der Waals surface area contributed by atoms with E-state index in [4.69, 9.17) is 4.42 Å². The number of carbonyl (C=O) groups excluding carboxylic acids is 1. The number of likely N-dealkylation sites (N-methyl/N-ethyl adjacent to an activating group) is 1. The maximum atomic E-state index is 14.9. The smallest absolute Gasteiger partial charge is 0.311 e. The third-order valence-electron chi connectivity index (χ3n) is 6.48. The molecule has 2 aromatic carbocycles. The van der Waals surface area contributed by atoms with Crippen LogP contribution in [-0.2, 0) is 0 Å². The van der Waals surface area contributed by atoms with E-state index in [1.807, 2.05) is 18.4 Å². The minimum atomic E-state index is -0.670. The van der Waals surface area contributed by atoms with Gasteiger partial charge in [-0.25, -0.2) is 18.7 Å². The van der Waals surface area contributed by atoms with Gasteiger partial charge in [-0.15, -0.1) is 0 Å². The SMILES string of the molecule is CC(C)n1cnc(-c2ccc(F)cc2)c1-c1coc(C(=O)Nc2ccc(N3CCN(C)CC3)cc2F)n1. The molecule has 1 N–H and O–H groups in total. The van der Waals surface area contributed by atoms with Gasteiger partial charge in [-0.2, -0.15) is 0 Å². The molecular formula is C27H28F2N6O2. The minimum Gasteiger partial charge on any atom is -0.440 e. The number of hydrogen-bond acceptors (Lipinski definition) is 6. The van der Waals surface area contributed by atoms with Crippen LogP contribution < -0.4 is 10.2 Å². The number of piperazine rings is 1. The van der Waals surface area contributed by atoms with Crippen LogP contribution in [0.2, 0.25) is 0 Å². The van der Waals surface area contributed by atoms with Crippen LogP contribution in [0.5, 0.6) is 0 Å². The van der Waals surface area contributed by atoms with Crippen molar-refractivity contribution in [2.24, 2.45) is 0 Å². The maximum Gasteiger partial charge on any atom is 0.311 e. The number of nitrogens with one attached hydrogen (secondary N) is 1. The highest BCUT2D eigenvalue weighted by molar-refractivity contribution is 6.01. The van der Waals surface area contributed by atoms with Crippen LogP contribution in [0.15, 0.2) is 59.5 Å². The van der Waals surface area contributed by atoms with Crippen LogP contribution in [-0.4, -0.2) is 58.6 Å². The standard InChI is InChI=1S/C27H28F2N6O2/c1-17(2)35-16-30-24(18-4-6-19(28)7-5-18)25(35)23-15-37-27(32-23)26(36)31-22-9-8-20(14-21(22)29)34-12-10-33(3)11-13-34/h4-9,14-17H,10-13H2,1-3H3,(H,31,36). The number of nitrogens with zero attached hydrogens (tertiary/aromatic N) is 5. The molecule has 1 saturated heterocycles. The highest BCUT2D eigenvalue weighted by Gasteiger charge is 2.23. The second-order valence-corrected chi connectivity index (χ2v) is 9.40. The van der Waals surface area contributed by atoms with Crippen molar-refractivity contribution in [3.05, 3.63) is 72.6 Å². The Hall–Kier alpha value is -4.05. The Balaban J connectivity index is 1.37. The fourth-order valence-corrected chi connectivity index (χ4v) is 4.35. The number of rotatable bonds is 6. The number of halogens is 2. The first-order valence-electron chi connectivity index (χ1n) is 12.1. The Morgan fingerprint density at radius 2 is 1.78 bits per heavy atom. The van der Waals surface area contributed by atoms with E-state index in [2.05, 4.69) is 32.1 Å². The van der Waals surface area contributed by atoms with E-state index in [-0.39, 0.29) is 23.4 Å². The van der Waals surface area contributed by atoms with Crippen LogP contribution in [0.1, 0.15) is 30.6 Å². The summed E-state index contributed by atoms with van der Waals surface area (Å²) in [6, 6.07) is 10.8. The molecule has 2 aromatic heterocycles. The van der Waals surface area contributed by atoms with Gasteiger partial charge in [0.2, 0.25) is 0 Å². The van der Waals surface area contributed by atoms with Crippen molar-refractivity contribution in [1.29, 1.82) is 0 Å². The highest BCUT2D eigenvalue weighted by Crippen LogP contribution is 2.33. The Kier molecular flexibility index (Phi) is 6.75. The van der Waals surface area contributed by atoms with Gasteiger partial charge in [0, 0.05) is 43.5 Å². The number of oxazole rings is 1. The van der Waals surface area contributed by atoms with Gasteiger partial charge in [0.15, 0.2) is 0 Å². The van der Waals surface area contributed by atoms with E-state index in [1.54, 1.807) is 30.6 Å². The van der Waals surface area contributed by atoms with Crippen LogP contribution in [0.25, 0.3) is 22.6 Å². The molecule has 8 nitrogen and oxygen atoms in total. The molecule has 4 aromatic rings. The number of benzene rings is 2. The molecule has 3 heterocycles. The van der Waals surface area contributed by atoms with Gasteiger partial charge in [-0.3, -0.25) is 4.79 Å². The summed E-state index contributed by atoms with van der Waals surface area (Å²) in [6.07, 6.45) is 3.04. The fraction of sp³-hybridized carbons (Fsp3) is 0.296. The molecule has 5 rings (SSSR count). The largest absolute Gasteiger partial charge is 0.440 e. The average Bonchev–Trinajstić information content (AvgIpc) is 3.54. The monoisotopic (exact) mass is 506 g/mol. The maximum absolute atomic E-state index is 14.9. The lowest BCUT2D eigenvalue weighted by atomic mass is 10.1. The summed E-state index contributed by atoms with van der Waals surface area (Å²) in [5, 5.41) is 2.55. The first-order valence-corrected chi connectivity index (χ1v) is 12.1. The minimum absolute atomic E-state index is 0.0404. The molecule has 192 valence electrons. The molecule has 1 fully saturated rings. The van der Waals surface area contributed by atoms with Crippen molar-refractivity contribution in [3.63, 3.8) is 0 Å². The van der Waals surface area contributed by atoms with Crippen molar-refractivity contribution in [2.45, 2.75) is 19.9 Å². The molecule has 1 aliphatic heterocycles. The first-order chi connectivity index (χ1) is 17.8. The van der Waals surface area contributed by atoms with E-state index in [1.165, 1.54) is 24.5 Å². The zero-order valence-corrected chi connectivity index (χ0v) is 20.9. The van der Waals surface area contributed by atoms with Gasteiger partial charge < -0.3 is 24.1 Å². The molecule has 0 saturated carbocycles. The van der Waals surface area contributed by atoms with Crippen molar-refractivity contribution in [3.8, 4) is 22.6 Å². The van der Waals surface area contributed by atoms with E-state index in [0.29, 0.717) is 22.6 Å². The molecule has 0 unspecified atom stereocenters. The van der Waals surface area contributed by atoms with Gasteiger partial charge in [0.05, 0.1) is 23.4 Å². The predicted molar refractivity (Wildman–Crippen MR) is 138 cm³/mol. The quantitative estimate of drug-likeness (QED) is 0.394. The summed E-state index contributed by atoms with van der Waals surface area (Å²) in [6.45, 7) is 7.42. The molecule has 0 radical (unpaired) electrons. The number of amides is 1. The number of anilines is 2. The summed E-state index contributed by atoms with van der Waals surface area (Å²) in [5.74, 6) is -1.76. The number of aromatic nitrogens is 3. The van der Waals surface area contributed by atoms with E-state index in [9.17, 15) is 13.6 Å². The van der Waals surface area contributed by atoms with Crippen molar-refractivity contribution in [1.82, 2.24) is 19.4 Å². The van der Waals surface area contributed by atoms with Crippen LogP contribution in [0, 0.1) is 11.6 Å². The Labute approximate surface area is 213 Å². The predicted octanol–water partition coefficient (Wildman–Crippen LogP) is 5.07. The lowest BCUT2D eigenvalue weighted by Gasteiger charge is -2.34. The molecule has 1 amide bonds. The molecule has 0 aliphatic carbocycles. The Morgan fingerprint density at radius 1 is 1.05 bits per heavy atom. The summed E-state index contributed by atoms with van der Waals surface area (Å²) in [5.41, 5.74) is 3.12. The zero-order chi connectivity index (χ0) is 26.1. The third-order valence-corrected chi connectivity index (χ3v) is 6.48. The lowest BCUT2D eigenvalue weighted by molar-refractivity contribution is 0.0989. The summed E-state index contributed by atoms with van der Waals surface area (Å²) >= 11 is 0. The van der Waals surface area contributed by atoms with Gasteiger partial charge in [-0.05, 0) is 63.4 Å². The summed E-state index contributed by atoms with van der Waals surface area (Å²) in [7, 11) is 2.06. The number of imidazole rings is 1. The van der Waals surface area contributed by atoms with E-state index < -0.39 is 11.7 Å². The molecule has 0 spiro atoms. The first kappa shape index (κ1) is 24.6.